The van der Waals surface area contributed by atoms with Crippen molar-refractivity contribution in [3.63, 3.8) is 0 Å². The molecular weight excluding hydrogens is 398 g/mol. The second-order valence-corrected chi connectivity index (χ2v) is 6.62. The minimum atomic E-state index is -1.20. The monoisotopic (exact) mass is 411 g/mol. The van der Waals surface area contributed by atoms with Crippen molar-refractivity contribution in [3.8, 4) is 5.75 Å². The van der Waals surface area contributed by atoms with Crippen LogP contribution in [-0.2, 0) is 4.79 Å². The Kier molecular flexibility index (Phi) is 5.80. The molecule has 0 aliphatic heterocycles. The lowest BCUT2D eigenvalue weighted by Gasteiger charge is -2.25. The van der Waals surface area contributed by atoms with Gasteiger partial charge in [-0.05, 0) is 60.1 Å². The van der Waals surface area contributed by atoms with Crippen molar-refractivity contribution in [2.75, 3.05) is 0 Å². The van der Waals surface area contributed by atoms with Gasteiger partial charge in [0.1, 0.15) is 5.75 Å². The lowest BCUT2D eigenvalue weighted by Crippen LogP contribution is -2.53. The molecule has 126 valence electrons. The zero-order valence-corrected chi connectivity index (χ0v) is 15.3. The summed E-state index contributed by atoms with van der Waals surface area (Å²) in [6, 6.07) is 8.16. The summed E-state index contributed by atoms with van der Waals surface area (Å²) in [5.74, 6) is -0.487. The number of aromatic nitrogens is 1. The van der Waals surface area contributed by atoms with Crippen LogP contribution in [0.4, 0.5) is 0 Å². The predicted octanol–water partition coefficient (Wildman–Crippen LogP) is 3.12. The molecule has 0 saturated carbocycles. The van der Waals surface area contributed by atoms with E-state index in [0.29, 0.717) is 20.8 Å². The van der Waals surface area contributed by atoms with Crippen molar-refractivity contribution < 1.29 is 14.3 Å². The molecule has 8 heteroatoms. The van der Waals surface area contributed by atoms with Gasteiger partial charge in [0.15, 0.2) is 5.60 Å². The molecule has 0 unspecified atom stereocenters. The maximum absolute atomic E-state index is 12.3. The number of carbonyl (C=O) groups is 2. The Bertz CT molecular complexity index is 750. The van der Waals surface area contributed by atoms with Gasteiger partial charge in [0.05, 0.1) is 5.56 Å². The van der Waals surface area contributed by atoms with Crippen molar-refractivity contribution in [3.05, 3.63) is 57.8 Å². The Labute approximate surface area is 152 Å². The second-order valence-electron chi connectivity index (χ2n) is 5.33. The molecule has 6 nitrogen and oxygen atoms in total. The first-order valence-corrected chi connectivity index (χ1v) is 8.11. The summed E-state index contributed by atoms with van der Waals surface area (Å²) in [5, 5.41) is 0.569. The topological polar surface area (TPSA) is 80.3 Å². The van der Waals surface area contributed by atoms with E-state index in [1.165, 1.54) is 18.5 Å². The highest BCUT2D eigenvalue weighted by Crippen LogP contribution is 2.21. The van der Waals surface area contributed by atoms with E-state index in [1.807, 2.05) is 0 Å². The third-order valence-electron chi connectivity index (χ3n) is 3.04. The van der Waals surface area contributed by atoms with Gasteiger partial charge in [0, 0.05) is 21.9 Å². The summed E-state index contributed by atoms with van der Waals surface area (Å²) < 4.78 is 6.16. The van der Waals surface area contributed by atoms with E-state index in [0.717, 1.165) is 0 Å². The number of nitrogens with zero attached hydrogens (tertiary/aromatic N) is 1. The molecule has 1 aromatic carbocycles. The molecule has 0 fully saturated rings. The number of halogens is 2. The molecule has 2 N–H and O–H groups in total. The van der Waals surface area contributed by atoms with Gasteiger partial charge in [-0.3, -0.25) is 25.4 Å². The van der Waals surface area contributed by atoms with Gasteiger partial charge < -0.3 is 4.74 Å². The van der Waals surface area contributed by atoms with Gasteiger partial charge >= 0.3 is 0 Å². The molecule has 1 aromatic heterocycles. The molecule has 1 heterocycles. The third kappa shape index (κ3) is 4.69. The average Bonchev–Trinajstić information content (AvgIpc) is 2.54. The number of pyridine rings is 1. The minimum absolute atomic E-state index is 0.349. The fourth-order valence-electron chi connectivity index (χ4n) is 1.73. The number of amides is 2. The van der Waals surface area contributed by atoms with Crippen LogP contribution in [0.1, 0.15) is 24.2 Å². The highest BCUT2D eigenvalue weighted by atomic mass is 79.9. The van der Waals surface area contributed by atoms with Gasteiger partial charge in [-0.1, -0.05) is 11.6 Å². The molecule has 24 heavy (non-hydrogen) atoms. The summed E-state index contributed by atoms with van der Waals surface area (Å²) >= 11 is 9.03. The molecule has 0 radical (unpaired) electrons. The Morgan fingerprint density at radius 3 is 2.46 bits per heavy atom. The van der Waals surface area contributed by atoms with Crippen LogP contribution >= 0.6 is 27.5 Å². The van der Waals surface area contributed by atoms with E-state index in [-0.39, 0.29) is 0 Å². The van der Waals surface area contributed by atoms with Crippen LogP contribution in [0.2, 0.25) is 5.02 Å². The smallest absolute Gasteiger partial charge is 0.281 e. The molecule has 0 saturated heterocycles. The molecule has 2 rings (SSSR count). The molecule has 2 amide bonds. The first kappa shape index (κ1) is 18.2. The molecule has 2 aromatic rings. The summed E-state index contributed by atoms with van der Waals surface area (Å²) in [4.78, 5) is 28.2. The Morgan fingerprint density at radius 1 is 1.17 bits per heavy atom. The largest absolute Gasteiger partial charge is 0.478 e. The Hall–Kier alpha value is -2.12. The van der Waals surface area contributed by atoms with Crippen molar-refractivity contribution in [1.29, 1.82) is 0 Å². The number of ether oxygens (including phenoxy) is 1. The maximum atomic E-state index is 12.3. The number of nitrogens with one attached hydrogen (secondary N) is 2. The number of benzene rings is 1. The number of carbonyl (C=O) groups excluding carboxylic acids is 2. The van der Waals surface area contributed by atoms with Crippen LogP contribution < -0.4 is 15.6 Å². The fraction of sp³-hybridized carbons (Fsp3) is 0.188. The lowest BCUT2D eigenvalue weighted by atomic mass is 10.1. The molecule has 0 spiro atoms. The van der Waals surface area contributed by atoms with Crippen molar-refractivity contribution >= 4 is 39.3 Å². The van der Waals surface area contributed by atoms with E-state index in [2.05, 4.69) is 31.8 Å². The van der Waals surface area contributed by atoms with Gasteiger partial charge in [0.25, 0.3) is 11.8 Å². The van der Waals surface area contributed by atoms with Crippen LogP contribution in [0.3, 0.4) is 0 Å². The predicted molar refractivity (Wildman–Crippen MR) is 93.7 cm³/mol. The highest BCUT2D eigenvalue weighted by Gasteiger charge is 2.30. The SMILES string of the molecule is CC(C)(Oc1ccc(Cl)cc1)C(=O)NNC(=O)c1ccncc1Br. The zero-order chi connectivity index (χ0) is 17.7. The van der Waals surface area contributed by atoms with Crippen LogP contribution in [0.5, 0.6) is 5.75 Å². The molecular formula is C16H15BrClN3O3. The first-order chi connectivity index (χ1) is 11.3. The second kappa shape index (κ2) is 7.63. The van der Waals surface area contributed by atoms with Crippen molar-refractivity contribution in [2.45, 2.75) is 19.4 Å². The van der Waals surface area contributed by atoms with Crippen LogP contribution in [0.25, 0.3) is 0 Å². The molecule has 0 aliphatic carbocycles. The van der Waals surface area contributed by atoms with Crippen LogP contribution in [0, 0.1) is 0 Å². The van der Waals surface area contributed by atoms with E-state index in [9.17, 15) is 9.59 Å². The van der Waals surface area contributed by atoms with E-state index >= 15 is 0 Å². The molecule has 0 atom stereocenters. The maximum Gasteiger partial charge on any atom is 0.281 e. The minimum Gasteiger partial charge on any atom is -0.478 e. The standard InChI is InChI=1S/C16H15BrClN3O3/c1-16(2,24-11-5-3-10(18)4-6-11)15(23)21-20-14(22)12-7-8-19-9-13(12)17/h3-9H,1-2H3,(H,20,22)(H,21,23). The third-order valence-corrected chi connectivity index (χ3v) is 3.92. The highest BCUT2D eigenvalue weighted by molar-refractivity contribution is 9.10. The molecule has 0 bridgehead atoms. The summed E-state index contributed by atoms with van der Waals surface area (Å²) in [6.45, 7) is 3.18. The van der Waals surface area contributed by atoms with Gasteiger partial charge in [-0.25, -0.2) is 0 Å². The van der Waals surface area contributed by atoms with Crippen LogP contribution in [-0.4, -0.2) is 22.4 Å². The van der Waals surface area contributed by atoms with Crippen molar-refractivity contribution in [2.24, 2.45) is 0 Å². The number of hydrogen-bond acceptors (Lipinski definition) is 4. The Balaban J connectivity index is 1.96. The lowest BCUT2D eigenvalue weighted by molar-refractivity contribution is -0.135. The number of hydrazine groups is 1. The van der Waals surface area contributed by atoms with E-state index in [1.54, 1.807) is 38.1 Å². The normalized spacial score (nSPS) is 10.8. The number of rotatable bonds is 4. The average molecular weight is 413 g/mol. The Morgan fingerprint density at radius 2 is 1.83 bits per heavy atom. The van der Waals surface area contributed by atoms with Crippen molar-refractivity contribution in [1.82, 2.24) is 15.8 Å². The molecule has 0 aliphatic rings. The fourth-order valence-corrected chi connectivity index (χ4v) is 2.29. The van der Waals surface area contributed by atoms with E-state index < -0.39 is 17.4 Å². The summed E-state index contributed by atoms with van der Waals surface area (Å²) in [5.41, 5.74) is 3.84. The van der Waals surface area contributed by atoms with Gasteiger partial charge in [-0.15, -0.1) is 0 Å². The van der Waals surface area contributed by atoms with Gasteiger partial charge in [0.2, 0.25) is 0 Å². The first-order valence-electron chi connectivity index (χ1n) is 6.94. The summed E-state index contributed by atoms with van der Waals surface area (Å²) in [7, 11) is 0. The summed E-state index contributed by atoms with van der Waals surface area (Å²) in [6.07, 6.45) is 2.97. The van der Waals surface area contributed by atoms with Gasteiger partial charge in [-0.2, -0.15) is 0 Å². The number of hydrogen-bond donors (Lipinski definition) is 2. The zero-order valence-electron chi connectivity index (χ0n) is 13.0. The van der Waals surface area contributed by atoms with E-state index in [4.69, 9.17) is 16.3 Å². The quantitative estimate of drug-likeness (QED) is 0.756. The van der Waals surface area contributed by atoms with Crippen LogP contribution in [0.15, 0.2) is 47.2 Å².